The van der Waals surface area contributed by atoms with Crippen LogP contribution in [0, 0.1) is 11.3 Å². The van der Waals surface area contributed by atoms with E-state index in [2.05, 4.69) is 33.3 Å². The molecule has 3 unspecified atom stereocenters. The van der Waals surface area contributed by atoms with Gasteiger partial charge in [-0.2, -0.15) is 0 Å². The molecule has 5 heteroatoms. The zero-order chi connectivity index (χ0) is 19.0. The highest BCUT2D eigenvalue weighted by Gasteiger charge is 2.61. The molecule has 0 bridgehead atoms. The van der Waals surface area contributed by atoms with Gasteiger partial charge in [0.15, 0.2) is 0 Å². The SMILES string of the molecule is O=C(CN1CC2CC2(C2=CCC(N3CCOCC3)C=C2)C1)Nc1ccccc1. The molecule has 2 aliphatic heterocycles. The average Bonchev–Trinajstić information content (AvgIpc) is 3.31. The molecule has 1 amide bonds. The van der Waals surface area contributed by atoms with Gasteiger partial charge in [0.1, 0.15) is 0 Å². The largest absolute Gasteiger partial charge is 0.379 e. The van der Waals surface area contributed by atoms with Gasteiger partial charge in [0.05, 0.1) is 19.8 Å². The molecule has 0 spiro atoms. The quantitative estimate of drug-likeness (QED) is 0.854. The van der Waals surface area contributed by atoms with E-state index < -0.39 is 0 Å². The lowest BCUT2D eigenvalue weighted by Crippen LogP contribution is -2.43. The zero-order valence-corrected chi connectivity index (χ0v) is 16.3. The summed E-state index contributed by atoms with van der Waals surface area (Å²) < 4.78 is 5.48. The predicted molar refractivity (Wildman–Crippen MR) is 110 cm³/mol. The Hall–Kier alpha value is -1.95. The van der Waals surface area contributed by atoms with Crippen LogP contribution in [0.4, 0.5) is 5.69 Å². The number of nitrogens with zero attached hydrogens (tertiary/aromatic N) is 2. The molecule has 2 aliphatic carbocycles. The first kappa shape index (κ1) is 18.1. The van der Waals surface area contributed by atoms with Crippen molar-refractivity contribution >= 4 is 11.6 Å². The minimum Gasteiger partial charge on any atom is -0.379 e. The molecule has 2 saturated heterocycles. The fourth-order valence-corrected chi connectivity index (χ4v) is 5.24. The number of nitrogens with one attached hydrogen (secondary N) is 1. The van der Waals surface area contributed by atoms with Crippen LogP contribution in [0.1, 0.15) is 12.8 Å². The van der Waals surface area contributed by atoms with Gasteiger partial charge in [0.25, 0.3) is 0 Å². The Morgan fingerprint density at radius 1 is 1.21 bits per heavy atom. The summed E-state index contributed by atoms with van der Waals surface area (Å²) >= 11 is 0. The maximum atomic E-state index is 12.4. The van der Waals surface area contributed by atoms with Crippen LogP contribution in [0.3, 0.4) is 0 Å². The van der Waals surface area contributed by atoms with Gasteiger partial charge in [-0.25, -0.2) is 0 Å². The molecular weight excluding hydrogens is 350 g/mol. The molecule has 0 aromatic heterocycles. The van der Waals surface area contributed by atoms with Crippen LogP contribution in [0.2, 0.25) is 0 Å². The number of hydrogen-bond donors (Lipinski definition) is 1. The summed E-state index contributed by atoms with van der Waals surface area (Å²) in [6.07, 6.45) is 9.62. The maximum absolute atomic E-state index is 12.4. The Kier molecular flexibility index (Phi) is 4.83. The number of piperidine rings is 1. The molecular formula is C23H29N3O2. The number of likely N-dealkylation sites (tertiary alicyclic amines) is 1. The molecule has 5 rings (SSSR count). The van der Waals surface area contributed by atoms with Crippen LogP contribution in [-0.2, 0) is 9.53 Å². The van der Waals surface area contributed by atoms with Crippen molar-refractivity contribution in [2.45, 2.75) is 18.9 Å². The Balaban J connectivity index is 1.15. The minimum atomic E-state index is 0.0863. The highest BCUT2D eigenvalue weighted by atomic mass is 16.5. The zero-order valence-electron chi connectivity index (χ0n) is 16.3. The number of ether oxygens (including phenoxy) is 1. The lowest BCUT2D eigenvalue weighted by molar-refractivity contribution is -0.117. The average molecular weight is 380 g/mol. The van der Waals surface area contributed by atoms with Crippen LogP contribution in [-0.4, -0.2) is 67.7 Å². The van der Waals surface area contributed by atoms with Crippen molar-refractivity contribution in [3.63, 3.8) is 0 Å². The number of morpholine rings is 1. The van der Waals surface area contributed by atoms with Crippen LogP contribution in [0.5, 0.6) is 0 Å². The van der Waals surface area contributed by atoms with Gasteiger partial charge in [0.2, 0.25) is 5.91 Å². The normalized spacial score (nSPS) is 32.6. The molecule has 3 atom stereocenters. The first-order valence-corrected chi connectivity index (χ1v) is 10.5. The summed E-state index contributed by atoms with van der Waals surface area (Å²) in [5.74, 6) is 0.802. The lowest BCUT2D eigenvalue weighted by Gasteiger charge is -2.34. The molecule has 1 aromatic rings. The van der Waals surface area contributed by atoms with Crippen molar-refractivity contribution in [1.29, 1.82) is 0 Å². The van der Waals surface area contributed by atoms with E-state index in [9.17, 15) is 4.79 Å². The van der Waals surface area contributed by atoms with Crippen molar-refractivity contribution < 1.29 is 9.53 Å². The number of anilines is 1. The number of para-hydroxylation sites is 1. The maximum Gasteiger partial charge on any atom is 0.238 e. The number of amides is 1. The van der Waals surface area contributed by atoms with Gasteiger partial charge in [-0.05, 0) is 36.5 Å². The fourth-order valence-electron chi connectivity index (χ4n) is 5.24. The van der Waals surface area contributed by atoms with Gasteiger partial charge < -0.3 is 10.1 Å². The highest BCUT2D eigenvalue weighted by Crippen LogP contribution is 2.63. The van der Waals surface area contributed by atoms with Crippen LogP contribution < -0.4 is 5.32 Å². The van der Waals surface area contributed by atoms with Crippen molar-refractivity contribution in [3.05, 3.63) is 54.1 Å². The summed E-state index contributed by atoms with van der Waals surface area (Å²) in [7, 11) is 0. The smallest absolute Gasteiger partial charge is 0.238 e. The first-order chi connectivity index (χ1) is 13.7. The van der Waals surface area contributed by atoms with E-state index in [1.54, 1.807) is 0 Å². The Morgan fingerprint density at radius 2 is 2.04 bits per heavy atom. The van der Waals surface area contributed by atoms with E-state index in [4.69, 9.17) is 4.74 Å². The Labute approximate surface area is 167 Å². The van der Waals surface area contributed by atoms with Crippen molar-refractivity contribution in [3.8, 4) is 0 Å². The number of fused-ring (bicyclic) bond motifs is 1. The molecule has 1 N–H and O–H groups in total. The first-order valence-electron chi connectivity index (χ1n) is 10.5. The summed E-state index contributed by atoms with van der Waals surface area (Å²) in [4.78, 5) is 17.3. The van der Waals surface area contributed by atoms with Gasteiger partial charge in [-0.3, -0.25) is 14.6 Å². The van der Waals surface area contributed by atoms with Crippen molar-refractivity contribution in [1.82, 2.24) is 9.80 Å². The molecule has 1 aromatic carbocycles. The molecule has 2 heterocycles. The van der Waals surface area contributed by atoms with Crippen LogP contribution >= 0.6 is 0 Å². The fraction of sp³-hybridized carbons (Fsp3) is 0.522. The number of carbonyl (C=O) groups excluding carboxylic acids is 1. The lowest BCUT2D eigenvalue weighted by atomic mass is 9.88. The molecule has 4 aliphatic rings. The van der Waals surface area contributed by atoms with Gasteiger partial charge in [-0.1, -0.05) is 36.4 Å². The molecule has 3 fully saturated rings. The minimum absolute atomic E-state index is 0.0863. The number of benzene rings is 1. The van der Waals surface area contributed by atoms with E-state index >= 15 is 0 Å². The summed E-state index contributed by atoms with van der Waals surface area (Å²) in [6, 6.07) is 10.2. The second-order valence-corrected chi connectivity index (χ2v) is 8.61. The summed E-state index contributed by atoms with van der Waals surface area (Å²) in [5.41, 5.74) is 2.69. The van der Waals surface area contributed by atoms with Gasteiger partial charge in [0, 0.05) is 43.3 Å². The number of carbonyl (C=O) groups is 1. The van der Waals surface area contributed by atoms with E-state index in [0.29, 0.717) is 23.9 Å². The molecule has 5 nitrogen and oxygen atoms in total. The molecule has 28 heavy (non-hydrogen) atoms. The monoisotopic (exact) mass is 379 g/mol. The standard InChI is InChI=1S/C23H29N3O2/c27-22(24-20-4-2-1-3-5-20)16-25-15-19-14-23(19,17-25)18-6-8-21(9-7-18)26-10-12-28-13-11-26/h1-8,19,21H,9-17H2,(H,24,27). The van der Waals surface area contributed by atoms with E-state index in [1.807, 2.05) is 30.3 Å². The van der Waals surface area contributed by atoms with Crippen LogP contribution in [0.25, 0.3) is 0 Å². The third-order valence-corrected chi connectivity index (χ3v) is 6.81. The topological polar surface area (TPSA) is 44.8 Å². The summed E-state index contributed by atoms with van der Waals surface area (Å²) in [6.45, 7) is 6.32. The third kappa shape index (κ3) is 3.54. The van der Waals surface area contributed by atoms with Crippen LogP contribution in [0.15, 0.2) is 54.1 Å². The van der Waals surface area contributed by atoms with Gasteiger partial charge in [-0.15, -0.1) is 0 Å². The van der Waals surface area contributed by atoms with E-state index in [1.165, 1.54) is 12.0 Å². The van der Waals surface area contributed by atoms with E-state index in [-0.39, 0.29) is 5.91 Å². The molecule has 148 valence electrons. The Bertz CT molecular complexity index is 784. The van der Waals surface area contributed by atoms with Gasteiger partial charge >= 0.3 is 0 Å². The molecule has 1 saturated carbocycles. The second kappa shape index (κ2) is 7.47. The molecule has 0 radical (unpaired) electrons. The predicted octanol–water partition coefficient (Wildman–Crippen LogP) is 2.53. The van der Waals surface area contributed by atoms with Crippen molar-refractivity contribution in [2.75, 3.05) is 51.3 Å². The number of hydrogen-bond acceptors (Lipinski definition) is 4. The number of allylic oxidation sites excluding steroid dienone is 1. The third-order valence-electron chi connectivity index (χ3n) is 6.81. The van der Waals surface area contributed by atoms with E-state index in [0.717, 1.165) is 51.5 Å². The van der Waals surface area contributed by atoms with Crippen molar-refractivity contribution in [2.24, 2.45) is 11.3 Å². The second-order valence-electron chi connectivity index (χ2n) is 8.61. The Morgan fingerprint density at radius 3 is 2.79 bits per heavy atom. The number of rotatable bonds is 5. The summed E-state index contributed by atoms with van der Waals surface area (Å²) in [5, 5.41) is 3.01. The highest BCUT2D eigenvalue weighted by molar-refractivity contribution is 5.92.